The van der Waals surface area contributed by atoms with Gasteiger partial charge in [0.1, 0.15) is 5.75 Å². The van der Waals surface area contributed by atoms with E-state index in [2.05, 4.69) is 40.2 Å². The van der Waals surface area contributed by atoms with Gasteiger partial charge in [-0.1, -0.05) is 48.5 Å². The van der Waals surface area contributed by atoms with Crippen molar-refractivity contribution in [3.63, 3.8) is 0 Å². The summed E-state index contributed by atoms with van der Waals surface area (Å²) in [4.78, 5) is 37.0. The third-order valence-electron chi connectivity index (χ3n) is 10.7. The van der Waals surface area contributed by atoms with Crippen LogP contribution in [0.15, 0.2) is 90.1 Å². The molecular formula is C39H44BN3O6. The maximum absolute atomic E-state index is 14.3. The van der Waals surface area contributed by atoms with E-state index in [1.165, 1.54) is 5.56 Å². The standard InChI is InChI=1S/C39H44BN3O6/c1-48-25-29-22-32-37(39(46)43(38(32)45)30-16-19-42(20-17-30)24-27-7-3-2-4-8-27)33-23-40(47)49-35(36(29)33)15-12-28(34-9-5-6-18-41-34)21-26-10-13-31(44)14-11-26/h2-11,13-14,18,21,30,32-33,35,37,44,47H,12,15-17,19-20,22-25H2,1H3/b28-21-/t32-,33+,35-,37-/m1/s1. The minimum atomic E-state index is -1.04. The van der Waals surface area contributed by atoms with Crippen molar-refractivity contribution in [2.24, 2.45) is 17.8 Å². The highest BCUT2D eigenvalue weighted by Crippen LogP contribution is 2.51. The number of likely N-dealkylation sites (tertiary alicyclic amines) is 2. The van der Waals surface area contributed by atoms with E-state index >= 15 is 0 Å². The van der Waals surface area contributed by atoms with Crippen LogP contribution < -0.4 is 0 Å². The Bertz CT molecular complexity index is 1690. The first-order valence-corrected chi connectivity index (χ1v) is 17.5. The second-order valence-electron chi connectivity index (χ2n) is 13.8. The van der Waals surface area contributed by atoms with Crippen LogP contribution in [0.5, 0.6) is 5.75 Å². The molecule has 2 amide bonds. The molecule has 3 saturated heterocycles. The van der Waals surface area contributed by atoms with Crippen LogP contribution in [0.3, 0.4) is 0 Å². The summed E-state index contributed by atoms with van der Waals surface area (Å²) >= 11 is 0. The number of methoxy groups -OCH3 is 1. The summed E-state index contributed by atoms with van der Waals surface area (Å²) < 4.78 is 11.9. The minimum absolute atomic E-state index is 0.0732. The van der Waals surface area contributed by atoms with Gasteiger partial charge in [-0.15, -0.1) is 0 Å². The molecule has 2 N–H and O–H groups in total. The Labute approximate surface area is 288 Å². The number of rotatable bonds is 10. The summed E-state index contributed by atoms with van der Waals surface area (Å²) in [6.45, 7) is 2.88. The lowest BCUT2D eigenvalue weighted by atomic mass is 9.58. The molecule has 0 radical (unpaired) electrons. The van der Waals surface area contributed by atoms with Crippen LogP contribution in [-0.4, -0.2) is 82.8 Å². The highest BCUT2D eigenvalue weighted by molar-refractivity contribution is 6.43. The van der Waals surface area contributed by atoms with Gasteiger partial charge in [0.25, 0.3) is 0 Å². The Balaban J connectivity index is 1.11. The quantitative estimate of drug-likeness (QED) is 0.173. The first-order chi connectivity index (χ1) is 23.9. The van der Waals surface area contributed by atoms with E-state index in [-0.39, 0.29) is 35.8 Å². The van der Waals surface area contributed by atoms with Crippen LogP contribution in [-0.2, 0) is 25.5 Å². The van der Waals surface area contributed by atoms with Crippen molar-refractivity contribution >= 4 is 30.6 Å². The number of piperidine rings is 1. The van der Waals surface area contributed by atoms with Crippen LogP contribution in [0, 0.1) is 17.8 Å². The lowest BCUT2D eigenvalue weighted by Crippen LogP contribution is -2.48. The van der Waals surface area contributed by atoms with Gasteiger partial charge in [0.05, 0.1) is 30.2 Å². The second kappa shape index (κ2) is 14.8. The van der Waals surface area contributed by atoms with Crippen LogP contribution >= 0.6 is 0 Å². The number of aromatic hydroxyl groups is 1. The van der Waals surface area contributed by atoms with Crippen molar-refractivity contribution in [3.05, 3.63) is 107 Å². The van der Waals surface area contributed by atoms with Crippen molar-refractivity contribution in [2.45, 2.75) is 57.1 Å². The summed E-state index contributed by atoms with van der Waals surface area (Å²) in [5, 5.41) is 20.9. The first kappa shape index (κ1) is 33.4. The number of hydrogen-bond donors (Lipinski definition) is 2. The lowest BCUT2D eigenvalue weighted by Gasteiger charge is -2.43. The molecule has 254 valence electrons. The monoisotopic (exact) mass is 661 g/mol. The fourth-order valence-electron chi connectivity index (χ4n) is 8.52. The van der Waals surface area contributed by atoms with Gasteiger partial charge >= 0.3 is 7.12 Å². The predicted molar refractivity (Wildman–Crippen MR) is 188 cm³/mol. The third kappa shape index (κ3) is 7.14. The highest BCUT2D eigenvalue weighted by Gasteiger charge is 2.58. The van der Waals surface area contributed by atoms with Gasteiger partial charge in [0, 0.05) is 39.0 Å². The Kier molecular flexibility index (Phi) is 10.1. The average molecular weight is 662 g/mol. The van der Waals surface area contributed by atoms with E-state index in [1.54, 1.807) is 30.3 Å². The molecule has 4 aliphatic rings. The minimum Gasteiger partial charge on any atom is -0.508 e. The summed E-state index contributed by atoms with van der Waals surface area (Å²) in [7, 11) is 0.609. The number of benzene rings is 2. The van der Waals surface area contributed by atoms with E-state index < -0.39 is 25.1 Å². The molecule has 10 heteroatoms. The van der Waals surface area contributed by atoms with Crippen molar-refractivity contribution in [2.75, 3.05) is 26.8 Å². The molecule has 3 fully saturated rings. The zero-order chi connectivity index (χ0) is 33.9. The molecule has 1 aromatic heterocycles. The molecule has 9 nitrogen and oxygen atoms in total. The van der Waals surface area contributed by atoms with Gasteiger partial charge in [-0.05, 0) is 103 Å². The maximum Gasteiger partial charge on any atom is 0.455 e. The Hall–Kier alpha value is -4.09. The normalized spacial score (nSPS) is 25.1. The van der Waals surface area contributed by atoms with Crippen LogP contribution in [0.2, 0.25) is 6.32 Å². The smallest absolute Gasteiger partial charge is 0.455 e. The molecule has 1 aliphatic carbocycles. The number of carbonyl (C=O) groups is 2. The number of amides is 2. The molecule has 0 bridgehead atoms. The van der Waals surface area contributed by atoms with Crippen LogP contribution in [0.25, 0.3) is 11.6 Å². The maximum atomic E-state index is 14.3. The van der Waals surface area contributed by atoms with E-state index in [9.17, 15) is 19.7 Å². The van der Waals surface area contributed by atoms with Gasteiger partial charge in [-0.3, -0.25) is 24.4 Å². The molecule has 3 aliphatic heterocycles. The molecule has 4 heterocycles. The van der Waals surface area contributed by atoms with Crippen molar-refractivity contribution in [3.8, 4) is 5.75 Å². The van der Waals surface area contributed by atoms with Gasteiger partial charge in [-0.2, -0.15) is 0 Å². The number of phenolic OH excluding ortho intramolecular Hbond substituents is 1. The lowest BCUT2D eigenvalue weighted by molar-refractivity contribution is -0.144. The van der Waals surface area contributed by atoms with Gasteiger partial charge in [0.15, 0.2) is 0 Å². The third-order valence-corrected chi connectivity index (χ3v) is 10.7. The second-order valence-corrected chi connectivity index (χ2v) is 13.8. The van der Waals surface area contributed by atoms with Gasteiger partial charge in [-0.25, -0.2) is 0 Å². The molecule has 0 unspecified atom stereocenters. The zero-order valence-corrected chi connectivity index (χ0v) is 28.0. The summed E-state index contributed by atoms with van der Waals surface area (Å²) in [6, 6.07) is 23.1. The Morgan fingerprint density at radius 3 is 2.47 bits per heavy atom. The average Bonchev–Trinajstić information content (AvgIpc) is 3.37. The van der Waals surface area contributed by atoms with Crippen LogP contribution in [0.1, 0.15) is 48.9 Å². The van der Waals surface area contributed by atoms with Gasteiger partial charge < -0.3 is 19.5 Å². The fraction of sp³-hybridized carbons (Fsp3) is 0.410. The number of hydrogen-bond acceptors (Lipinski definition) is 8. The van der Waals surface area contributed by atoms with Crippen molar-refractivity contribution in [1.82, 2.24) is 14.8 Å². The molecule has 4 atom stereocenters. The number of aromatic nitrogens is 1. The van der Waals surface area contributed by atoms with E-state index in [0.717, 1.165) is 60.5 Å². The largest absolute Gasteiger partial charge is 0.508 e. The highest BCUT2D eigenvalue weighted by atomic mass is 16.5. The summed E-state index contributed by atoms with van der Waals surface area (Å²) in [5.74, 6) is -1.21. The number of fused-ring (bicyclic) bond motifs is 3. The number of carbonyl (C=O) groups excluding carboxylic acids is 2. The molecule has 3 aromatic rings. The number of ether oxygens (including phenoxy) is 1. The number of imide groups is 1. The fourth-order valence-corrected chi connectivity index (χ4v) is 8.52. The van der Waals surface area contributed by atoms with Crippen molar-refractivity contribution in [1.29, 1.82) is 0 Å². The summed E-state index contributed by atoms with van der Waals surface area (Å²) in [6.07, 6.45) is 6.80. The van der Waals surface area contributed by atoms with E-state index in [0.29, 0.717) is 25.9 Å². The van der Waals surface area contributed by atoms with E-state index in [4.69, 9.17) is 9.39 Å². The molecule has 49 heavy (non-hydrogen) atoms. The first-order valence-electron chi connectivity index (χ1n) is 17.5. The number of nitrogens with zero attached hydrogens (tertiary/aromatic N) is 3. The van der Waals surface area contributed by atoms with Crippen LogP contribution in [0.4, 0.5) is 0 Å². The molecule has 7 rings (SSSR count). The number of allylic oxidation sites excluding steroid dienone is 1. The zero-order valence-electron chi connectivity index (χ0n) is 28.0. The SMILES string of the molecule is COCC1=C2[C@@H](CC/C(=C/c3ccc(O)cc3)c3ccccn3)OB(O)C[C@@H]2[C@@H]2C(=O)N(C3CCN(Cc4ccccc4)CC3)C(=O)[C@@H]2C1. The number of pyridine rings is 1. The number of phenols is 1. The molecule has 2 aromatic carbocycles. The molecular weight excluding hydrogens is 617 g/mol. The molecule has 0 saturated carbocycles. The van der Waals surface area contributed by atoms with E-state index in [1.807, 2.05) is 36.4 Å². The Morgan fingerprint density at radius 1 is 1.00 bits per heavy atom. The molecule has 0 spiro atoms. The predicted octanol–water partition coefficient (Wildman–Crippen LogP) is 5.22. The van der Waals surface area contributed by atoms with Gasteiger partial charge in [0.2, 0.25) is 11.8 Å². The Morgan fingerprint density at radius 2 is 1.76 bits per heavy atom. The topological polar surface area (TPSA) is 112 Å². The summed E-state index contributed by atoms with van der Waals surface area (Å²) in [5.41, 5.74) is 6.04. The van der Waals surface area contributed by atoms with Crippen molar-refractivity contribution < 1.29 is 29.1 Å².